The maximum absolute atomic E-state index is 8.42. The van der Waals surface area contributed by atoms with E-state index in [1.54, 1.807) is 0 Å². The summed E-state index contributed by atoms with van der Waals surface area (Å²) < 4.78 is 0. The Bertz CT molecular complexity index is 141. The molecule has 0 aromatic rings. The van der Waals surface area contributed by atoms with Crippen LogP contribution in [0.15, 0.2) is 0 Å². The molecule has 1 saturated heterocycles. The van der Waals surface area contributed by atoms with Gasteiger partial charge in [0.1, 0.15) is 0 Å². The first kappa shape index (κ1) is 7.90. The molecular weight excluding hydrogens is 144 g/mol. The molecule has 0 aromatic carbocycles. The summed E-state index contributed by atoms with van der Waals surface area (Å²) in [6, 6.07) is 2.44. The summed E-state index contributed by atoms with van der Waals surface area (Å²) in [6.07, 6.45) is 1.76. The maximum atomic E-state index is 8.42. The molecule has 0 unspecified atom stereocenters. The quantitative estimate of drug-likeness (QED) is 0.615. The minimum Gasteiger partial charge on any atom is -0.327 e. The average Bonchev–Trinajstić information content (AvgIpc) is 1.94. The van der Waals surface area contributed by atoms with E-state index in [1.165, 1.54) is 5.75 Å². The van der Waals surface area contributed by atoms with Crippen LogP contribution in [0, 0.1) is 17.2 Å². The van der Waals surface area contributed by atoms with E-state index in [-0.39, 0.29) is 6.04 Å². The Hall–Kier alpha value is -0.200. The number of nitriles is 1. The molecule has 1 rings (SSSR count). The molecule has 2 nitrogen and oxygen atoms in total. The Kier molecular flexibility index (Phi) is 3.04. The second-order valence-corrected chi connectivity index (χ2v) is 3.80. The lowest BCUT2D eigenvalue weighted by atomic mass is 9.95. The number of hydrogen-bond acceptors (Lipinski definition) is 3. The van der Waals surface area contributed by atoms with Crippen LogP contribution >= 0.6 is 11.8 Å². The fraction of sp³-hybridized carbons (Fsp3) is 0.857. The van der Waals surface area contributed by atoms with Crippen LogP contribution in [0.1, 0.15) is 12.8 Å². The van der Waals surface area contributed by atoms with Crippen LogP contribution in [0.2, 0.25) is 0 Å². The molecule has 2 N–H and O–H groups in total. The zero-order valence-electron chi connectivity index (χ0n) is 5.92. The molecule has 1 fully saturated rings. The van der Waals surface area contributed by atoms with Crippen LogP contribution < -0.4 is 5.73 Å². The molecule has 2 atom stereocenters. The van der Waals surface area contributed by atoms with Crippen molar-refractivity contribution in [2.75, 3.05) is 11.5 Å². The lowest BCUT2D eigenvalue weighted by Crippen LogP contribution is -2.35. The number of nitrogens with two attached hydrogens (primary N) is 1. The number of thioether (sulfide) groups is 1. The first-order chi connectivity index (χ1) is 4.84. The topological polar surface area (TPSA) is 49.8 Å². The van der Waals surface area contributed by atoms with Crippen molar-refractivity contribution in [3.63, 3.8) is 0 Å². The predicted octanol–water partition coefficient (Wildman–Crippen LogP) is 0.980. The highest BCUT2D eigenvalue weighted by atomic mass is 32.2. The molecule has 0 spiro atoms. The van der Waals surface area contributed by atoms with Gasteiger partial charge in [-0.15, -0.1) is 0 Å². The van der Waals surface area contributed by atoms with Crippen molar-refractivity contribution >= 4 is 11.8 Å². The molecule has 10 heavy (non-hydrogen) atoms. The monoisotopic (exact) mass is 156 g/mol. The van der Waals surface area contributed by atoms with Crippen LogP contribution in [-0.4, -0.2) is 17.5 Å². The molecule has 1 aliphatic rings. The van der Waals surface area contributed by atoms with E-state index in [1.807, 2.05) is 11.8 Å². The van der Waals surface area contributed by atoms with Crippen LogP contribution in [0.4, 0.5) is 0 Å². The van der Waals surface area contributed by atoms with Gasteiger partial charge in [0.25, 0.3) is 0 Å². The minimum absolute atomic E-state index is 0.262. The third-order valence-corrected chi connectivity index (χ3v) is 3.05. The standard InChI is InChI=1S/C7H12N2S/c8-3-1-6-2-4-10-5-7(6)9/h6-7H,1-2,4-5,9H2/t6-,7+/m0/s1. The van der Waals surface area contributed by atoms with Crippen LogP contribution in [0.5, 0.6) is 0 Å². The van der Waals surface area contributed by atoms with Crippen molar-refractivity contribution in [3.8, 4) is 6.07 Å². The lowest BCUT2D eigenvalue weighted by Gasteiger charge is -2.25. The number of nitrogens with zero attached hydrogens (tertiary/aromatic N) is 1. The van der Waals surface area contributed by atoms with E-state index < -0.39 is 0 Å². The minimum atomic E-state index is 0.262. The fourth-order valence-electron chi connectivity index (χ4n) is 1.17. The summed E-state index contributed by atoms with van der Waals surface area (Å²) in [5, 5.41) is 8.42. The van der Waals surface area contributed by atoms with E-state index in [2.05, 4.69) is 6.07 Å². The van der Waals surface area contributed by atoms with E-state index in [0.717, 1.165) is 12.2 Å². The van der Waals surface area contributed by atoms with Gasteiger partial charge in [-0.05, 0) is 18.1 Å². The molecule has 0 aliphatic carbocycles. The van der Waals surface area contributed by atoms with E-state index in [4.69, 9.17) is 11.0 Å². The van der Waals surface area contributed by atoms with Gasteiger partial charge in [-0.3, -0.25) is 0 Å². The summed E-state index contributed by atoms with van der Waals surface area (Å²) in [7, 11) is 0. The molecule has 1 aliphatic heterocycles. The average molecular weight is 156 g/mol. The highest BCUT2D eigenvalue weighted by Crippen LogP contribution is 2.23. The van der Waals surface area contributed by atoms with Crippen molar-refractivity contribution in [1.82, 2.24) is 0 Å². The molecule has 0 aromatic heterocycles. The van der Waals surface area contributed by atoms with Crippen molar-refractivity contribution in [2.45, 2.75) is 18.9 Å². The van der Waals surface area contributed by atoms with Crippen LogP contribution in [0.25, 0.3) is 0 Å². The summed E-state index contributed by atoms with van der Waals surface area (Å²) in [4.78, 5) is 0. The largest absolute Gasteiger partial charge is 0.327 e. The Morgan fingerprint density at radius 3 is 3.10 bits per heavy atom. The predicted molar refractivity (Wildman–Crippen MR) is 43.6 cm³/mol. The Balaban J connectivity index is 2.34. The zero-order chi connectivity index (χ0) is 7.40. The highest BCUT2D eigenvalue weighted by Gasteiger charge is 2.21. The Labute approximate surface area is 65.8 Å². The van der Waals surface area contributed by atoms with Gasteiger partial charge < -0.3 is 5.73 Å². The van der Waals surface area contributed by atoms with Crippen LogP contribution in [0.3, 0.4) is 0 Å². The summed E-state index contributed by atoms with van der Waals surface area (Å²) >= 11 is 1.90. The van der Waals surface area contributed by atoms with Crippen LogP contribution in [-0.2, 0) is 0 Å². The van der Waals surface area contributed by atoms with Gasteiger partial charge in [-0.1, -0.05) is 0 Å². The van der Waals surface area contributed by atoms with Crippen molar-refractivity contribution in [2.24, 2.45) is 11.7 Å². The van der Waals surface area contributed by atoms with Gasteiger partial charge in [0.15, 0.2) is 0 Å². The smallest absolute Gasteiger partial charge is 0.0625 e. The van der Waals surface area contributed by atoms with Gasteiger partial charge >= 0.3 is 0 Å². The Morgan fingerprint density at radius 2 is 2.50 bits per heavy atom. The highest BCUT2D eigenvalue weighted by molar-refractivity contribution is 7.99. The summed E-state index contributed by atoms with van der Waals surface area (Å²) in [6.45, 7) is 0. The summed E-state index contributed by atoms with van der Waals surface area (Å²) in [5.41, 5.74) is 5.79. The van der Waals surface area contributed by atoms with Gasteiger partial charge in [-0.25, -0.2) is 0 Å². The summed E-state index contributed by atoms with van der Waals surface area (Å²) in [5.74, 6) is 2.68. The second-order valence-electron chi connectivity index (χ2n) is 2.65. The molecule has 0 saturated carbocycles. The fourth-order valence-corrected chi connectivity index (χ4v) is 2.36. The van der Waals surface area contributed by atoms with Gasteiger partial charge in [0.2, 0.25) is 0 Å². The zero-order valence-corrected chi connectivity index (χ0v) is 6.73. The molecule has 3 heteroatoms. The van der Waals surface area contributed by atoms with Gasteiger partial charge in [-0.2, -0.15) is 17.0 Å². The third-order valence-electron chi connectivity index (χ3n) is 1.90. The third kappa shape index (κ3) is 1.89. The van der Waals surface area contributed by atoms with Crippen molar-refractivity contribution in [1.29, 1.82) is 5.26 Å². The molecule has 0 radical (unpaired) electrons. The lowest BCUT2D eigenvalue weighted by molar-refractivity contribution is 0.436. The first-order valence-electron chi connectivity index (χ1n) is 3.55. The second kappa shape index (κ2) is 3.85. The molecule has 56 valence electrons. The first-order valence-corrected chi connectivity index (χ1v) is 4.70. The van der Waals surface area contributed by atoms with Crippen molar-refractivity contribution in [3.05, 3.63) is 0 Å². The Morgan fingerprint density at radius 1 is 1.70 bits per heavy atom. The van der Waals surface area contributed by atoms with Gasteiger partial charge in [0, 0.05) is 18.2 Å². The maximum Gasteiger partial charge on any atom is 0.0625 e. The van der Waals surface area contributed by atoms with E-state index in [9.17, 15) is 0 Å². The molecular formula is C7H12N2S. The SMILES string of the molecule is N#CC[C@H]1CCSC[C@H]1N. The number of hydrogen-bond donors (Lipinski definition) is 1. The molecule has 0 bridgehead atoms. The van der Waals surface area contributed by atoms with Gasteiger partial charge in [0.05, 0.1) is 6.07 Å². The van der Waals surface area contributed by atoms with E-state index >= 15 is 0 Å². The number of rotatable bonds is 1. The molecule has 1 heterocycles. The molecule has 0 amide bonds. The van der Waals surface area contributed by atoms with Crippen molar-refractivity contribution < 1.29 is 0 Å². The normalized spacial score (nSPS) is 33.2. The van der Waals surface area contributed by atoms with E-state index in [0.29, 0.717) is 12.3 Å².